The summed E-state index contributed by atoms with van der Waals surface area (Å²) in [6.07, 6.45) is 2.28. The van der Waals surface area contributed by atoms with Crippen molar-refractivity contribution in [2.75, 3.05) is 40.0 Å². The Morgan fingerprint density at radius 1 is 1.29 bits per heavy atom. The lowest BCUT2D eigenvalue weighted by Gasteiger charge is -2.26. The van der Waals surface area contributed by atoms with Gasteiger partial charge in [-0.1, -0.05) is 0 Å². The Labute approximate surface area is 126 Å². The van der Waals surface area contributed by atoms with Crippen molar-refractivity contribution < 1.29 is 9.47 Å². The van der Waals surface area contributed by atoms with Crippen LogP contribution in [0.5, 0.6) is 5.75 Å². The molecule has 0 saturated carbocycles. The fourth-order valence-electron chi connectivity index (χ4n) is 3.04. The van der Waals surface area contributed by atoms with Gasteiger partial charge in [-0.15, -0.1) is 0 Å². The van der Waals surface area contributed by atoms with E-state index in [9.17, 15) is 0 Å². The molecule has 2 heterocycles. The van der Waals surface area contributed by atoms with Crippen molar-refractivity contribution in [2.24, 2.45) is 0 Å². The lowest BCUT2D eigenvalue weighted by Crippen LogP contribution is -2.36. The number of benzene rings is 1. The van der Waals surface area contributed by atoms with Crippen LogP contribution in [0.2, 0.25) is 0 Å². The molecule has 1 aliphatic heterocycles. The topological polar surface area (TPSA) is 37.5 Å². The summed E-state index contributed by atoms with van der Waals surface area (Å²) in [6, 6.07) is 6.23. The summed E-state index contributed by atoms with van der Waals surface area (Å²) in [5, 5.41) is 1.27. The standard InChI is InChI=1S/C17H24N2O2/c1-13-15-12-14(20-2)5-6-17(15)18-16(13)4-3-7-19-8-10-21-11-9-19/h5-6,12,18H,3-4,7-11H2,1-2H3. The summed E-state index contributed by atoms with van der Waals surface area (Å²) in [6.45, 7) is 7.26. The van der Waals surface area contributed by atoms with Crippen LogP contribution in [-0.2, 0) is 11.2 Å². The highest BCUT2D eigenvalue weighted by molar-refractivity contribution is 5.85. The molecule has 3 rings (SSSR count). The number of hydrogen-bond donors (Lipinski definition) is 1. The largest absolute Gasteiger partial charge is 0.497 e. The van der Waals surface area contributed by atoms with E-state index in [1.807, 2.05) is 6.07 Å². The molecule has 0 bridgehead atoms. The van der Waals surface area contributed by atoms with Crippen LogP contribution in [0.15, 0.2) is 18.2 Å². The second-order valence-electron chi connectivity index (χ2n) is 5.70. The van der Waals surface area contributed by atoms with Crippen LogP contribution >= 0.6 is 0 Å². The highest BCUT2D eigenvalue weighted by Gasteiger charge is 2.12. The van der Waals surface area contributed by atoms with Crippen molar-refractivity contribution in [3.63, 3.8) is 0 Å². The van der Waals surface area contributed by atoms with Gasteiger partial charge in [-0.25, -0.2) is 0 Å². The lowest BCUT2D eigenvalue weighted by atomic mass is 10.1. The van der Waals surface area contributed by atoms with Crippen LogP contribution in [0.4, 0.5) is 0 Å². The zero-order valence-corrected chi connectivity index (χ0v) is 12.9. The van der Waals surface area contributed by atoms with E-state index in [-0.39, 0.29) is 0 Å². The first-order chi connectivity index (χ1) is 10.3. The Morgan fingerprint density at radius 2 is 2.10 bits per heavy atom. The van der Waals surface area contributed by atoms with Gasteiger partial charge in [0.15, 0.2) is 0 Å². The number of methoxy groups -OCH3 is 1. The number of nitrogens with one attached hydrogen (secondary N) is 1. The summed E-state index contributed by atoms with van der Waals surface area (Å²) in [4.78, 5) is 6.04. The molecule has 0 amide bonds. The van der Waals surface area contributed by atoms with Crippen LogP contribution in [0.1, 0.15) is 17.7 Å². The quantitative estimate of drug-likeness (QED) is 0.919. The molecule has 1 aromatic heterocycles. The number of morpholine rings is 1. The highest BCUT2D eigenvalue weighted by Crippen LogP contribution is 2.26. The lowest BCUT2D eigenvalue weighted by molar-refractivity contribution is 0.0374. The number of aryl methyl sites for hydroxylation is 2. The minimum absolute atomic E-state index is 0.880. The number of aromatic amines is 1. The van der Waals surface area contributed by atoms with E-state index in [0.717, 1.165) is 45.0 Å². The molecule has 0 aliphatic carbocycles. The Kier molecular flexibility index (Phi) is 4.46. The van der Waals surface area contributed by atoms with E-state index >= 15 is 0 Å². The third-order valence-corrected chi connectivity index (χ3v) is 4.37. The second-order valence-corrected chi connectivity index (χ2v) is 5.70. The predicted molar refractivity (Wildman–Crippen MR) is 85.2 cm³/mol. The van der Waals surface area contributed by atoms with Crippen molar-refractivity contribution in [2.45, 2.75) is 19.8 Å². The fourth-order valence-corrected chi connectivity index (χ4v) is 3.04. The molecule has 21 heavy (non-hydrogen) atoms. The van der Waals surface area contributed by atoms with E-state index in [2.05, 4.69) is 28.9 Å². The minimum atomic E-state index is 0.880. The number of ether oxygens (including phenoxy) is 2. The number of hydrogen-bond acceptors (Lipinski definition) is 3. The molecule has 1 aromatic carbocycles. The number of H-pyrrole nitrogens is 1. The van der Waals surface area contributed by atoms with Crippen LogP contribution < -0.4 is 4.74 Å². The Hall–Kier alpha value is -1.52. The van der Waals surface area contributed by atoms with Gasteiger partial charge in [-0.3, -0.25) is 4.90 Å². The summed E-state index contributed by atoms with van der Waals surface area (Å²) in [5.41, 5.74) is 3.91. The van der Waals surface area contributed by atoms with Gasteiger partial charge < -0.3 is 14.5 Å². The number of fused-ring (bicyclic) bond motifs is 1. The third kappa shape index (κ3) is 3.22. The first kappa shape index (κ1) is 14.4. The van der Waals surface area contributed by atoms with Crippen molar-refractivity contribution in [3.05, 3.63) is 29.5 Å². The molecule has 4 nitrogen and oxygen atoms in total. The number of nitrogens with zero attached hydrogens (tertiary/aromatic N) is 1. The molecule has 1 saturated heterocycles. The molecule has 0 spiro atoms. The zero-order chi connectivity index (χ0) is 14.7. The Morgan fingerprint density at radius 3 is 2.86 bits per heavy atom. The van der Waals surface area contributed by atoms with Crippen LogP contribution in [0.3, 0.4) is 0 Å². The summed E-state index contributed by atoms with van der Waals surface area (Å²) in [7, 11) is 1.71. The molecule has 0 atom stereocenters. The van der Waals surface area contributed by atoms with Crippen molar-refractivity contribution in [1.82, 2.24) is 9.88 Å². The second kappa shape index (κ2) is 6.50. The maximum absolute atomic E-state index is 5.39. The monoisotopic (exact) mass is 288 g/mol. The minimum Gasteiger partial charge on any atom is -0.497 e. The van der Waals surface area contributed by atoms with Crippen molar-refractivity contribution >= 4 is 10.9 Å². The summed E-state index contributed by atoms with van der Waals surface area (Å²) >= 11 is 0. The van der Waals surface area contributed by atoms with Crippen molar-refractivity contribution in [1.29, 1.82) is 0 Å². The molecule has 0 radical (unpaired) electrons. The SMILES string of the molecule is COc1ccc2[nH]c(CCCN3CCOCC3)c(C)c2c1. The van der Waals surface area contributed by atoms with E-state index < -0.39 is 0 Å². The van der Waals surface area contributed by atoms with E-state index in [4.69, 9.17) is 9.47 Å². The summed E-state index contributed by atoms with van der Waals surface area (Å²) < 4.78 is 10.7. The number of rotatable bonds is 5. The highest BCUT2D eigenvalue weighted by atomic mass is 16.5. The van der Waals surface area contributed by atoms with E-state index in [1.165, 1.54) is 28.6 Å². The molecular weight excluding hydrogens is 264 g/mol. The summed E-state index contributed by atoms with van der Waals surface area (Å²) in [5.74, 6) is 0.921. The molecule has 1 aliphatic rings. The first-order valence-electron chi connectivity index (χ1n) is 7.73. The van der Waals surface area contributed by atoms with Gasteiger partial charge in [-0.2, -0.15) is 0 Å². The average Bonchev–Trinajstić information content (AvgIpc) is 2.84. The van der Waals surface area contributed by atoms with Gasteiger partial charge in [0.1, 0.15) is 5.75 Å². The van der Waals surface area contributed by atoms with Crippen LogP contribution in [-0.4, -0.2) is 49.8 Å². The number of aromatic nitrogens is 1. The maximum atomic E-state index is 5.39. The molecule has 114 valence electrons. The van der Waals surface area contributed by atoms with Crippen molar-refractivity contribution in [3.8, 4) is 5.75 Å². The molecule has 0 unspecified atom stereocenters. The van der Waals surface area contributed by atoms with Gasteiger partial charge in [-0.05, 0) is 50.1 Å². The normalized spacial score (nSPS) is 16.5. The first-order valence-corrected chi connectivity index (χ1v) is 7.73. The van der Waals surface area contributed by atoms with Gasteiger partial charge in [0.05, 0.1) is 20.3 Å². The Bertz CT molecular complexity index is 600. The van der Waals surface area contributed by atoms with Gasteiger partial charge in [0.2, 0.25) is 0 Å². The smallest absolute Gasteiger partial charge is 0.119 e. The maximum Gasteiger partial charge on any atom is 0.119 e. The van der Waals surface area contributed by atoms with Gasteiger partial charge in [0, 0.05) is 29.7 Å². The third-order valence-electron chi connectivity index (χ3n) is 4.37. The Balaban J connectivity index is 1.65. The van der Waals surface area contributed by atoms with E-state index in [1.54, 1.807) is 7.11 Å². The predicted octanol–water partition coefficient (Wildman–Crippen LogP) is 2.75. The molecule has 1 N–H and O–H groups in total. The van der Waals surface area contributed by atoms with Gasteiger partial charge >= 0.3 is 0 Å². The average molecular weight is 288 g/mol. The van der Waals surface area contributed by atoms with Gasteiger partial charge in [0.25, 0.3) is 0 Å². The molecule has 2 aromatic rings. The molecular formula is C17H24N2O2. The molecule has 1 fully saturated rings. The van der Waals surface area contributed by atoms with Crippen LogP contribution in [0, 0.1) is 6.92 Å². The van der Waals surface area contributed by atoms with E-state index in [0.29, 0.717) is 0 Å². The van der Waals surface area contributed by atoms with Crippen LogP contribution in [0.25, 0.3) is 10.9 Å². The molecule has 4 heteroatoms. The zero-order valence-electron chi connectivity index (χ0n) is 12.9. The fraction of sp³-hybridized carbons (Fsp3) is 0.529.